The Labute approximate surface area is 167 Å². The number of aliphatic hydroxyl groups is 1. The van der Waals surface area contributed by atoms with Gasteiger partial charge in [0.25, 0.3) is 0 Å². The maximum atomic E-state index is 10.4. The van der Waals surface area contributed by atoms with Gasteiger partial charge < -0.3 is 24.4 Å². The SMILES string of the molecule is COc1ccccc1N1CC[NH+](C[C@@H](O)COc2ccc3c(c2)CCC3)CC1. The molecule has 0 bridgehead atoms. The molecular formula is C23H31N2O3+. The molecule has 1 aliphatic heterocycles. The molecule has 0 amide bonds. The molecule has 28 heavy (non-hydrogen) atoms. The number of aryl methyl sites for hydroxylation is 2. The Morgan fingerprint density at radius 3 is 2.68 bits per heavy atom. The first kappa shape index (κ1) is 19.1. The average molecular weight is 384 g/mol. The molecule has 0 unspecified atom stereocenters. The van der Waals surface area contributed by atoms with Gasteiger partial charge in [0, 0.05) is 0 Å². The Morgan fingerprint density at radius 2 is 1.86 bits per heavy atom. The fraction of sp³-hybridized carbons (Fsp3) is 0.478. The van der Waals surface area contributed by atoms with Crippen LogP contribution in [0.15, 0.2) is 42.5 Å². The summed E-state index contributed by atoms with van der Waals surface area (Å²) in [5, 5.41) is 10.4. The zero-order valence-corrected chi connectivity index (χ0v) is 16.7. The highest BCUT2D eigenvalue weighted by molar-refractivity contribution is 5.58. The number of ether oxygens (including phenoxy) is 2. The minimum atomic E-state index is -0.443. The molecule has 2 aromatic carbocycles. The predicted molar refractivity (Wildman–Crippen MR) is 111 cm³/mol. The van der Waals surface area contributed by atoms with Crippen LogP contribution in [-0.2, 0) is 12.8 Å². The van der Waals surface area contributed by atoms with Crippen LogP contribution < -0.4 is 19.3 Å². The molecule has 150 valence electrons. The van der Waals surface area contributed by atoms with E-state index in [0.717, 1.165) is 56.3 Å². The first-order chi connectivity index (χ1) is 13.7. The van der Waals surface area contributed by atoms with Crippen molar-refractivity contribution < 1.29 is 19.5 Å². The van der Waals surface area contributed by atoms with Crippen LogP contribution in [0.5, 0.6) is 11.5 Å². The summed E-state index contributed by atoms with van der Waals surface area (Å²) in [6.45, 7) is 5.04. The van der Waals surface area contributed by atoms with Crippen LogP contribution in [0, 0.1) is 0 Å². The van der Waals surface area contributed by atoms with Crippen molar-refractivity contribution in [2.45, 2.75) is 25.4 Å². The molecule has 0 spiro atoms. The number of aliphatic hydroxyl groups excluding tert-OH is 1. The van der Waals surface area contributed by atoms with Gasteiger partial charge >= 0.3 is 0 Å². The molecule has 1 aliphatic carbocycles. The molecule has 0 radical (unpaired) electrons. The fourth-order valence-corrected chi connectivity index (χ4v) is 4.38. The minimum absolute atomic E-state index is 0.360. The monoisotopic (exact) mass is 383 g/mol. The normalized spacial score (nSPS) is 18.0. The minimum Gasteiger partial charge on any atom is -0.495 e. The first-order valence-electron chi connectivity index (χ1n) is 10.4. The van der Waals surface area contributed by atoms with Crippen LogP contribution in [0.1, 0.15) is 17.5 Å². The van der Waals surface area contributed by atoms with Crippen LogP contribution in [0.25, 0.3) is 0 Å². The average Bonchev–Trinajstić information content (AvgIpc) is 3.21. The summed E-state index contributed by atoms with van der Waals surface area (Å²) in [6, 6.07) is 14.5. The highest BCUT2D eigenvalue weighted by Crippen LogP contribution is 2.27. The van der Waals surface area contributed by atoms with E-state index >= 15 is 0 Å². The van der Waals surface area contributed by atoms with E-state index in [1.165, 1.54) is 28.9 Å². The second-order valence-corrected chi connectivity index (χ2v) is 7.86. The third-order valence-electron chi connectivity index (χ3n) is 5.93. The van der Waals surface area contributed by atoms with E-state index in [2.05, 4.69) is 29.2 Å². The number of quaternary nitrogens is 1. The van der Waals surface area contributed by atoms with Gasteiger partial charge in [0.05, 0.1) is 39.0 Å². The van der Waals surface area contributed by atoms with E-state index in [1.54, 1.807) is 7.11 Å². The van der Waals surface area contributed by atoms with Crippen molar-refractivity contribution in [3.8, 4) is 11.5 Å². The molecule has 1 saturated heterocycles. The molecule has 5 heteroatoms. The van der Waals surface area contributed by atoms with Crippen molar-refractivity contribution in [3.63, 3.8) is 0 Å². The van der Waals surface area contributed by atoms with Crippen LogP contribution in [0.3, 0.4) is 0 Å². The van der Waals surface area contributed by atoms with Gasteiger partial charge in [0.15, 0.2) is 0 Å². The number of nitrogens with zero attached hydrogens (tertiary/aromatic N) is 1. The predicted octanol–water partition coefficient (Wildman–Crippen LogP) is 1.33. The number of hydrogen-bond donors (Lipinski definition) is 2. The summed E-state index contributed by atoms with van der Waals surface area (Å²) in [4.78, 5) is 3.80. The Hall–Kier alpha value is -2.24. The van der Waals surface area contributed by atoms with E-state index in [-0.39, 0.29) is 0 Å². The van der Waals surface area contributed by atoms with Crippen LogP contribution >= 0.6 is 0 Å². The van der Waals surface area contributed by atoms with Crippen molar-refractivity contribution in [1.29, 1.82) is 0 Å². The lowest BCUT2D eigenvalue weighted by atomic mass is 10.1. The van der Waals surface area contributed by atoms with Crippen molar-refractivity contribution >= 4 is 5.69 Å². The molecular weight excluding hydrogens is 352 g/mol. The summed E-state index contributed by atoms with van der Waals surface area (Å²) in [7, 11) is 1.72. The third kappa shape index (κ3) is 4.42. The third-order valence-corrected chi connectivity index (χ3v) is 5.93. The Morgan fingerprint density at radius 1 is 1.07 bits per heavy atom. The molecule has 0 aromatic heterocycles. The Bertz CT molecular complexity index is 787. The topological polar surface area (TPSA) is 46.4 Å². The molecule has 1 atom stereocenters. The van der Waals surface area contributed by atoms with Crippen LogP contribution in [-0.4, -0.2) is 57.7 Å². The lowest BCUT2D eigenvalue weighted by Crippen LogP contribution is -3.16. The van der Waals surface area contributed by atoms with E-state index < -0.39 is 6.10 Å². The number of piperazine rings is 1. The molecule has 4 rings (SSSR count). The maximum absolute atomic E-state index is 10.4. The molecule has 5 nitrogen and oxygen atoms in total. The highest BCUT2D eigenvalue weighted by Gasteiger charge is 2.24. The quantitative estimate of drug-likeness (QED) is 0.757. The van der Waals surface area contributed by atoms with Crippen molar-refractivity contribution in [1.82, 2.24) is 0 Å². The summed E-state index contributed by atoms with van der Waals surface area (Å²) in [6.07, 6.45) is 3.13. The number of para-hydroxylation sites is 2. The van der Waals surface area contributed by atoms with E-state index in [9.17, 15) is 5.11 Å². The highest BCUT2D eigenvalue weighted by atomic mass is 16.5. The van der Waals surface area contributed by atoms with Crippen molar-refractivity contribution in [3.05, 3.63) is 53.6 Å². The summed E-state index contributed by atoms with van der Waals surface area (Å²) in [5.74, 6) is 1.81. The number of rotatable bonds is 7. The number of nitrogens with one attached hydrogen (secondary N) is 1. The summed E-state index contributed by atoms with van der Waals surface area (Å²) < 4.78 is 11.4. The molecule has 2 aromatic rings. The lowest BCUT2D eigenvalue weighted by Gasteiger charge is -2.35. The smallest absolute Gasteiger partial charge is 0.142 e. The molecule has 2 N–H and O–H groups in total. The molecule has 1 fully saturated rings. The molecule has 1 heterocycles. The van der Waals surface area contributed by atoms with E-state index in [0.29, 0.717) is 6.61 Å². The summed E-state index contributed by atoms with van der Waals surface area (Å²) in [5.41, 5.74) is 4.01. The Balaban J connectivity index is 1.23. The van der Waals surface area contributed by atoms with Gasteiger partial charge in [0.2, 0.25) is 0 Å². The van der Waals surface area contributed by atoms with Crippen LogP contribution in [0.4, 0.5) is 5.69 Å². The number of methoxy groups -OCH3 is 1. The van der Waals surface area contributed by atoms with E-state index in [4.69, 9.17) is 9.47 Å². The number of fused-ring (bicyclic) bond motifs is 1. The van der Waals surface area contributed by atoms with Gasteiger partial charge in [-0.1, -0.05) is 18.2 Å². The number of anilines is 1. The second-order valence-electron chi connectivity index (χ2n) is 7.86. The van der Waals surface area contributed by atoms with Gasteiger partial charge in [-0.05, 0) is 54.7 Å². The standard InChI is InChI=1S/C23H30N2O3/c1-27-23-8-3-2-7-22(23)25-13-11-24(12-14-25)16-20(26)17-28-21-10-9-18-5-4-6-19(18)15-21/h2-3,7-10,15,20,26H,4-6,11-14,16-17H2,1H3/p+1/t20-/m1/s1. The van der Waals surface area contributed by atoms with Crippen molar-refractivity contribution in [2.24, 2.45) is 0 Å². The molecule has 0 saturated carbocycles. The number of benzene rings is 2. The van der Waals surface area contributed by atoms with Gasteiger partial charge in [0.1, 0.15) is 30.8 Å². The number of hydrogen-bond acceptors (Lipinski definition) is 4. The van der Waals surface area contributed by atoms with Crippen LogP contribution in [0.2, 0.25) is 0 Å². The van der Waals surface area contributed by atoms with Crippen molar-refractivity contribution in [2.75, 3.05) is 51.3 Å². The van der Waals surface area contributed by atoms with Gasteiger partial charge in [-0.15, -0.1) is 0 Å². The largest absolute Gasteiger partial charge is 0.495 e. The second kappa shape index (κ2) is 8.84. The summed E-state index contributed by atoms with van der Waals surface area (Å²) >= 11 is 0. The Kier molecular flexibility index (Phi) is 6.03. The zero-order chi connectivity index (χ0) is 19.3. The lowest BCUT2D eigenvalue weighted by molar-refractivity contribution is -0.903. The maximum Gasteiger partial charge on any atom is 0.142 e. The fourth-order valence-electron chi connectivity index (χ4n) is 4.38. The van der Waals surface area contributed by atoms with E-state index in [1.807, 2.05) is 18.2 Å². The van der Waals surface area contributed by atoms with Gasteiger partial charge in [-0.3, -0.25) is 0 Å². The van der Waals surface area contributed by atoms with Gasteiger partial charge in [-0.2, -0.15) is 0 Å². The first-order valence-corrected chi connectivity index (χ1v) is 10.4. The van der Waals surface area contributed by atoms with Gasteiger partial charge in [-0.25, -0.2) is 0 Å². The zero-order valence-electron chi connectivity index (χ0n) is 16.7. The molecule has 2 aliphatic rings.